The lowest BCUT2D eigenvalue weighted by molar-refractivity contribution is -0.143. The predicted molar refractivity (Wildman–Crippen MR) is 81.0 cm³/mol. The first-order valence-electron chi connectivity index (χ1n) is 7.58. The van der Waals surface area contributed by atoms with E-state index in [2.05, 4.69) is 5.32 Å². The highest BCUT2D eigenvalue weighted by atomic mass is 16.4. The number of rotatable bonds is 7. The molecule has 1 aliphatic carbocycles. The van der Waals surface area contributed by atoms with Gasteiger partial charge in [-0.3, -0.25) is 9.59 Å². The fraction of sp³-hybridized carbons (Fsp3) is 0.529. The summed E-state index contributed by atoms with van der Waals surface area (Å²) in [5.74, 6) is -0.283. The zero-order valence-electron chi connectivity index (χ0n) is 12.5. The van der Waals surface area contributed by atoms with Crippen LogP contribution in [0.3, 0.4) is 0 Å². The average Bonchev–Trinajstić information content (AvgIpc) is 2.44. The van der Waals surface area contributed by atoms with Crippen LogP contribution in [0.25, 0.3) is 0 Å². The number of nitrogens with one attached hydrogen (secondary N) is 1. The van der Waals surface area contributed by atoms with E-state index >= 15 is 0 Å². The summed E-state index contributed by atoms with van der Waals surface area (Å²) in [6, 6.07) is 9.05. The maximum atomic E-state index is 11.9. The number of carbonyl (C=O) groups is 2. The summed E-state index contributed by atoms with van der Waals surface area (Å²) in [6.45, 7) is 1.77. The smallest absolute Gasteiger partial charge is 0.315 e. The van der Waals surface area contributed by atoms with Gasteiger partial charge in [-0.05, 0) is 24.8 Å². The van der Waals surface area contributed by atoms with Gasteiger partial charge in [0.25, 0.3) is 0 Å². The molecule has 4 heteroatoms. The summed E-state index contributed by atoms with van der Waals surface area (Å²) in [7, 11) is 0. The van der Waals surface area contributed by atoms with Gasteiger partial charge in [0.05, 0.1) is 0 Å². The van der Waals surface area contributed by atoms with E-state index in [-0.39, 0.29) is 12.5 Å². The summed E-state index contributed by atoms with van der Waals surface area (Å²) in [4.78, 5) is 23.5. The Morgan fingerprint density at radius 3 is 2.48 bits per heavy atom. The van der Waals surface area contributed by atoms with Gasteiger partial charge in [-0.25, -0.2) is 0 Å². The molecular formula is C17H23NO3. The third kappa shape index (κ3) is 3.84. The van der Waals surface area contributed by atoms with Gasteiger partial charge < -0.3 is 10.4 Å². The Balaban J connectivity index is 1.90. The largest absolute Gasteiger partial charge is 0.481 e. The van der Waals surface area contributed by atoms with Crippen LogP contribution < -0.4 is 5.32 Å². The molecule has 2 rings (SSSR count). The van der Waals surface area contributed by atoms with Crippen molar-refractivity contribution in [3.63, 3.8) is 0 Å². The van der Waals surface area contributed by atoms with Crippen molar-refractivity contribution in [1.29, 1.82) is 0 Å². The summed E-state index contributed by atoms with van der Waals surface area (Å²) in [5.41, 5.74) is -0.385. The summed E-state index contributed by atoms with van der Waals surface area (Å²) in [5, 5.41) is 12.3. The van der Waals surface area contributed by atoms with Crippen molar-refractivity contribution in [2.75, 3.05) is 6.54 Å². The molecule has 0 aliphatic heterocycles. The molecule has 0 spiro atoms. The number of hydrogen-bond donors (Lipinski definition) is 2. The van der Waals surface area contributed by atoms with E-state index in [1.165, 1.54) is 19.3 Å². The maximum Gasteiger partial charge on any atom is 0.315 e. The first-order valence-corrected chi connectivity index (χ1v) is 7.58. The normalized spacial score (nSPS) is 17.6. The van der Waals surface area contributed by atoms with Crippen molar-refractivity contribution in [3.05, 3.63) is 35.9 Å². The van der Waals surface area contributed by atoms with Crippen LogP contribution in [-0.2, 0) is 15.0 Å². The van der Waals surface area contributed by atoms with E-state index in [1.54, 1.807) is 19.1 Å². The molecule has 1 fully saturated rings. The molecule has 0 heterocycles. The molecule has 4 nitrogen and oxygen atoms in total. The molecule has 0 aromatic heterocycles. The Morgan fingerprint density at radius 2 is 1.95 bits per heavy atom. The molecule has 0 saturated heterocycles. The molecule has 0 radical (unpaired) electrons. The molecule has 1 aliphatic rings. The van der Waals surface area contributed by atoms with Gasteiger partial charge in [0.15, 0.2) is 0 Å². The van der Waals surface area contributed by atoms with Crippen LogP contribution in [0.5, 0.6) is 0 Å². The van der Waals surface area contributed by atoms with Crippen LogP contribution in [0.1, 0.15) is 44.6 Å². The number of carbonyl (C=O) groups excluding carboxylic acids is 1. The highest BCUT2D eigenvalue weighted by Crippen LogP contribution is 2.30. The fourth-order valence-corrected chi connectivity index (χ4v) is 2.59. The Hall–Kier alpha value is -1.84. The average molecular weight is 289 g/mol. The van der Waals surface area contributed by atoms with E-state index in [1.807, 2.05) is 18.2 Å². The molecule has 1 amide bonds. The van der Waals surface area contributed by atoms with Crippen molar-refractivity contribution in [1.82, 2.24) is 5.32 Å². The van der Waals surface area contributed by atoms with Gasteiger partial charge in [-0.1, -0.05) is 49.6 Å². The summed E-state index contributed by atoms with van der Waals surface area (Å²) >= 11 is 0. The van der Waals surface area contributed by atoms with Gasteiger partial charge in [0.2, 0.25) is 5.91 Å². The second-order valence-electron chi connectivity index (χ2n) is 6.12. The molecule has 1 aromatic carbocycles. The van der Waals surface area contributed by atoms with Crippen LogP contribution in [0.2, 0.25) is 0 Å². The topological polar surface area (TPSA) is 66.4 Å². The number of hydrogen-bond acceptors (Lipinski definition) is 2. The zero-order valence-corrected chi connectivity index (χ0v) is 12.5. The lowest BCUT2D eigenvalue weighted by Gasteiger charge is -2.27. The first-order chi connectivity index (χ1) is 10.0. The van der Waals surface area contributed by atoms with Crippen molar-refractivity contribution >= 4 is 11.9 Å². The third-order valence-corrected chi connectivity index (χ3v) is 4.53. The van der Waals surface area contributed by atoms with Crippen LogP contribution >= 0.6 is 0 Å². The van der Waals surface area contributed by atoms with Crippen LogP contribution in [0, 0.1) is 5.92 Å². The quantitative estimate of drug-likeness (QED) is 0.811. The van der Waals surface area contributed by atoms with E-state index in [9.17, 15) is 14.7 Å². The lowest BCUT2D eigenvalue weighted by atomic mass is 9.81. The molecule has 2 N–H and O–H groups in total. The summed E-state index contributed by atoms with van der Waals surface area (Å²) in [6.07, 6.45) is 5.14. The monoisotopic (exact) mass is 289 g/mol. The third-order valence-electron chi connectivity index (χ3n) is 4.53. The highest BCUT2D eigenvalue weighted by Gasteiger charge is 2.35. The van der Waals surface area contributed by atoms with Gasteiger partial charge in [0, 0.05) is 13.0 Å². The molecule has 114 valence electrons. The van der Waals surface area contributed by atoms with E-state index < -0.39 is 11.4 Å². The number of aliphatic carboxylic acids is 1. The van der Waals surface area contributed by atoms with Gasteiger partial charge >= 0.3 is 5.97 Å². The van der Waals surface area contributed by atoms with Crippen molar-refractivity contribution < 1.29 is 14.7 Å². The Labute approximate surface area is 125 Å². The predicted octanol–water partition coefficient (Wildman–Crippen LogP) is 2.73. The minimum atomic E-state index is -1.09. The standard InChI is InChI=1S/C17H23NO3/c1-17(16(20)21,14-8-3-2-4-9-14)12-18-15(19)11-10-13-6-5-7-13/h2-4,8-9,13H,5-7,10-12H2,1H3,(H,18,19)(H,20,21). The number of carboxylic acids is 1. The minimum absolute atomic E-state index is 0.0506. The number of carboxylic acid groups (broad SMARTS) is 1. The molecule has 1 saturated carbocycles. The Morgan fingerprint density at radius 1 is 1.29 bits per heavy atom. The van der Waals surface area contributed by atoms with Crippen molar-refractivity contribution in [3.8, 4) is 0 Å². The van der Waals surface area contributed by atoms with Crippen LogP contribution in [-0.4, -0.2) is 23.5 Å². The minimum Gasteiger partial charge on any atom is -0.481 e. The van der Waals surface area contributed by atoms with Crippen LogP contribution in [0.4, 0.5) is 0 Å². The Kier molecular flexibility index (Phi) is 4.99. The van der Waals surface area contributed by atoms with Gasteiger partial charge in [-0.2, -0.15) is 0 Å². The molecule has 1 unspecified atom stereocenters. The second kappa shape index (κ2) is 6.74. The Bertz CT molecular complexity index is 496. The molecule has 1 atom stereocenters. The number of benzene rings is 1. The molecule has 0 bridgehead atoms. The lowest BCUT2D eigenvalue weighted by Crippen LogP contribution is -2.44. The molecule has 21 heavy (non-hydrogen) atoms. The number of amides is 1. The maximum absolute atomic E-state index is 11.9. The van der Waals surface area contributed by atoms with Gasteiger partial charge in [-0.15, -0.1) is 0 Å². The first kappa shape index (κ1) is 15.5. The van der Waals surface area contributed by atoms with E-state index in [0.29, 0.717) is 17.9 Å². The van der Waals surface area contributed by atoms with Gasteiger partial charge in [0.1, 0.15) is 5.41 Å². The summed E-state index contributed by atoms with van der Waals surface area (Å²) < 4.78 is 0. The zero-order chi connectivity index (χ0) is 15.3. The van der Waals surface area contributed by atoms with Crippen LogP contribution in [0.15, 0.2) is 30.3 Å². The fourth-order valence-electron chi connectivity index (χ4n) is 2.59. The SMILES string of the molecule is CC(CNC(=O)CCC1CCC1)(C(=O)O)c1ccccc1. The molecule has 1 aromatic rings. The highest BCUT2D eigenvalue weighted by molar-refractivity contribution is 5.83. The van der Waals surface area contributed by atoms with Crippen molar-refractivity contribution in [2.24, 2.45) is 5.92 Å². The second-order valence-corrected chi connectivity index (χ2v) is 6.12. The van der Waals surface area contributed by atoms with E-state index in [4.69, 9.17) is 0 Å². The van der Waals surface area contributed by atoms with Crippen molar-refractivity contribution in [2.45, 2.75) is 44.4 Å². The molecular weight excluding hydrogens is 266 g/mol. The van der Waals surface area contributed by atoms with E-state index in [0.717, 1.165) is 6.42 Å².